The van der Waals surface area contributed by atoms with Gasteiger partial charge in [-0.2, -0.15) is 5.26 Å². The van der Waals surface area contributed by atoms with Gasteiger partial charge in [0, 0.05) is 15.4 Å². The lowest BCUT2D eigenvalue weighted by Crippen LogP contribution is -2.00. The molecule has 3 rings (SSSR count). The van der Waals surface area contributed by atoms with Crippen LogP contribution in [0.5, 0.6) is 0 Å². The third kappa shape index (κ3) is 4.07. The monoisotopic (exact) mass is 424 g/mol. The molecule has 128 valence electrons. The zero-order valence-corrected chi connectivity index (χ0v) is 16.2. The molecule has 0 saturated carbocycles. The number of rotatable bonds is 4. The molecule has 2 aromatic carbocycles. The van der Waals surface area contributed by atoms with Crippen LogP contribution in [0, 0.1) is 11.3 Å². The summed E-state index contributed by atoms with van der Waals surface area (Å²) < 4.78 is 5.66. The predicted molar refractivity (Wildman–Crippen MR) is 107 cm³/mol. The lowest BCUT2D eigenvalue weighted by atomic mass is 10.1. The van der Waals surface area contributed by atoms with Gasteiger partial charge >= 0.3 is 5.97 Å². The number of ether oxygens (including phenoxy) is 1. The van der Waals surface area contributed by atoms with E-state index in [1.165, 1.54) is 18.4 Å². The van der Waals surface area contributed by atoms with Crippen LogP contribution in [0.3, 0.4) is 0 Å². The molecule has 0 amide bonds. The first-order valence-corrected chi connectivity index (χ1v) is 9.30. The minimum absolute atomic E-state index is 0.389. The fourth-order valence-electron chi connectivity index (χ4n) is 2.32. The molecule has 0 spiro atoms. The molecule has 6 heteroatoms. The highest BCUT2D eigenvalue weighted by molar-refractivity contribution is 9.10. The van der Waals surface area contributed by atoms with Crippen molar-refractivity contribution >= 4 is 44.9 Å². The van der Waals surface area contributed by atoms with Crippen LogP contribution in [-0.4, -0.2) is 18.1 Å². The smallest absolute Gasteiger partial charge is 0.337 e. The lowest BCUT2D eigenvalue weighted by molar-refractivity contribution is 0.0600. The number of methoxy groups -OCH3 is 1. The van der Waals surface area contributed by atoms with Gasteiger partial charge in [-0.15, -0.1) is 11.3 Å². The first kappa shape index (κ1) is 18.1. The SMILES string of the molecule is COC(=O)c1ccc(/C=C(/C#N)c2nc(-c3cccc(Br)c3)cs2)cc1. The molecular formula is C20H13BrN2O2S. The summed E-state index contributed by atoms with van der Waals surface area (Å²) in [6.07, 6.45) is 1.75. The highest BCUT2D eigenvalue weighted by Gasteiger charge is 2.10. The number of hydrogen-bond donors (Lipinski definition) is 0. The Kier molecular flexibility index (Phi) is 5.61. The molecule has 0 radical (unpaired) electrons. The minimum Gasteiger partial charge on any atom is -0.465 e. The Morgan fingerprint density at radius 2 is 2.04 bits per heavy atom. The summed E-state index contributed by atoms with van der Waals surface area (Å²) in [5.74, 6) is -0.389. The third-order valence-corrected chi connectivity index (χ3v) is 4.99. The van der Waals surface area contributed by atoms with E-state index >= 15 is 0 Å². The fraction of sp³-hybridized carbons (Fsp3) is 0.0500. The van der Waals surface area contributed by atoms with E-state index in [2.05, 4.69) is 31.7 Å². The van der Waals surface area contributed by atoms with Crippen LogP contribution in [0.25, 0.3) is 22.9 Å². The van der Waals surface area contributed by atoms with Crippen molar-refractivity contribution in [2.24, 2.45) is 0 Å². The van der Waals surface area contributed by atoms with Gasteiger partial charge in [-0.1, -0.05) is 40.2 Å². The van der Waals surface area contributed by atoms with Gasteiger partial charge in [0.1, 0.15) is 11.1 Å². The van der Waals surface area contributed by atoms with Gasteiger partial charge in [-0.3, -0.25) is 0 Å². The number of benzene rings is 2. The number of halogens is 1. The maximum absolute atomic E-state index is 11.5. The van der Waals surface area contributed by atoms with E-state index < -0.39 is 0 Å². The normalized spacial score (nSPS) is 11.0. The van der Waals surface area contributed by atoms with Crippen LogP contribution >= 0.6 is 27.3 Å². The fourth-order valence-corrected chi connectivity index (χ4v) is 3.51. The highest BCUT2D eigenvalue weighted by atomic mass is 79.9. The van der Waals surface area contributed by atoms with E-state index in [4.69, 9.17) is 0 Å². The molecule has 0 N–H and O–H groups in total. The van der Waals surface area contributed by atoms with Crippen LogP contribution in [0.2, 0.25) is 0 Å². The standard InChI is InChI=1S/C20H13BrN2O2S/c1-25-20(24)14-7-5-13(6-8-14)9-16(11-22)19-23-18(12-26-19)15-3-2-4-17(21)10-15/h2-10,12H,1H3/b16-9-. The summed E-state index contributed by atoms with van der Waals surface area (Å²) >= 11 is 4.88. The summed E-state index contributed by atoms with van der Waals surface area (Å²) in [5.41, 5.74) is 3.57. The highest BCUT2D eigenvalue weighted by Crippen LogP contribution is 2.28. The van der Waals surface area contributed by atoms with Crippen LogP contribution in [0.15, 0.2) is 58.4 Å². The van der Waals surface area contributed by atoms with E-state index in [1.807, 2.05) is 29.6 Å². The largest absolute Gasteiger partial charge is 0.465 e. The Morgan fingerprint density at radius 3 is 2.69 bits per heavy atom. The van der Waals surface area contributed by atoms with Crippen LogP contribution < -0.4 is 0 Å². The Labute approximate surface area is 163 Å². The number of allylic oxidation sites excluding steroid dienone is 1. The molecule has 0 aliphatic rings. The van der Waals surface area contributed by atoms with Gasteiger partial charge in [0.15, 0.2) is 0 Å². The average Bonchev–Trinajstić information content (AvgIpc) is 3.16. The minimum atomic E-state index is -0.389. The van der Waals surface area contributed by atoms with E-state index in [9.17, 15) is 10.1 Å². The molecule has 1 heterocycles. The topological polar surface area (TPSA) is 63.0 Å². The van der Waals surface area contributed by atoms with Gasteiger partial charge in [0.2, 0.25) is 0 Å². The summed E-state index contributed by atoms with van der Waals surface area (Å²) in [4.78, 5) is 16.1. The Morgan fingerprint density at radius 1 is 1.27 bits per heavy atom. The third-order valence-electron chi connectivity index (χ3n) is 3.62. The quantitative estimate of drug-likeness (QED) is 0.414. The number of carbonyl (C=O) groups excluding carboxylic acids is 1. The van der Waals surface area contributed by atoms with Gasteiger partial charge in [0.25, 0.3) is 0 Å². The molecule has 0 aliphatic carbocycles. The maximum atomic E-state index is 11.5. The first-order chi connectivity index (χ1) is 12.6. The maximum Gasteiger partial charge on any atom is 0.337 e. The Balaban J connectivity index is 1.88. The zero-order valence-electron chi connectivity index (χ0n) is 13.8. The molecule has 26 heavy (non-hydrogen) atoms. The summed E-state index contributed by atoms with van der Waals surface area (Å²) in [5, 5.41) is 12.1. The molecule has 0 unspecified atom stereocenters. The molecule has 0 aliphatic heterocycles. The second kappa shape index (κ2) is 8.09. The molecule has 0 fully saturated rings. The van der Waals surface area contributed by atoms with Gasteiger partial charge in [-0.25, -0.2) is 9.78 Å². The second-order valence-corrected chi connectivity index (χ2v) is 7.11. The number of hydrogen-bond acceptors (Lipinski definition) is 5. The molecule has 1 aromatic heterocycles. The van der Waals surface area contributed by atoms with E-state index in [1.54, 1.807) is 30.3 Å². The molecule has 0 atom stereocenters. The van der Waals surface area contributed by atoms with E-state index in [-0.39, 0.29) is 5.97 Å². The average molecular weight is 425 g/mol. The Hall–Kier alpha value is -2.75. The molecule has 0 saturated heterocycles. The van der Waals surface area contributed by atoms with Crippen molar-refractivity contribution in [3.05, 3.63) is 74.5 Å². The predicted octanol–water partition coefficient (Wildman–Crippen LogP) is 5.42. The van der Waals surface area contributed by atoms with Crippen LogP contribution in [0.4, 0.5) is 0 Å². The number of esters is 1. The van der Waals surface area contributed by atoms with Gasteiger partial charge < -0.3 is 4.74 Å². The van der Waals surface area contributed by atoms with Crippen molar-refractivity contribution < 1.29 is 9.53 Å². The number of nitrogens with zero attached hydrogens (tertiary/aromatic N) is 2. The number of aromatic nitrogens is 1. The number of carbonyl (C=O) groups is 1. The van der Waals surface area contributed by atoms with E-state index in [0.29, 0.717) is 16.1 Å². The summed E-state index contributed by atoms with van der Waals surface area (Å²) in [6.45, 7) is 0. The molecule has 0 bridgehead atoms. The summed E-state index contributed by atoms with van der Waals surface area (Å²) in [6, 6.07) is 16.9. The molecular weight excluding hydrogens is 412 g/mol. The summed E-state index contributed by atoms with van der Waals surface area (Å²) in [7, 11) is 1.34. The van der Waals surface area contributed by atoms with Crippen molar-refractivity contribution in [1.82, 2.24) is 4.98 Å². The van der Waals surface area contributed by atoms with Crippen molar-refractivity contribution in [1.29, 1.82) is 5.26 Å². The van der Waals surface area contributed by atoms with Gasteiger partial charge in [0.05, 0.1) is 23.9 Å². The number of nitriles is 1. The van der Waals surface area contributed by atoms with Crippen LogP contribution in [-0.2, 0) is 4.74 Å². The molecule has 4 nitrogen and oxygen atoms in total. The van der Waals surface area contributed by atoms with Gasteiger partial charge in [-0.05, 0) is 35.9 Å². The zero-order chi connectivity index (χ0) is 18.5. The van der Waals surface area contributed by atoms with Crippen LogP contribution in [0.1, 0.15) is 20.9 Å². The van der Waals surface area contributed by atoms with Crippen molar-refractivity contribution in [2.45, 2.75) is 0 Å². The number of thiazole rings is 1. The molecule has 3 aromatic rings. The van der Waals surface area contributed by atoms with Crippen molar-refractivity contribution in [2.75, 3.05) is 7.11 Å². The van der Waals surface area contributed by atoms with Crippen molar-refractivity contribution in [3.8, 4) is 17.3 Å². The lowest BCUT2D eigenvalue weighted by Gasteiger charge is -2.00. The van der Waals surface area contributed by atoms with E-state index in [0.717, 1.165) is 21.3 Å². The first-order valence-electron chi connectivity index (χ1n) is 7.62. The second-order valence-electron chi connectivity index (χ2n) is 5.33. The van der Waals surface area contributed by atoms with Crippen molar-refractivity contribution in [3.63, 3.8) is 0 Å². The Bertz CT molecular complexity index is 1020.